The average Bonchev–Trinajstić information content (AvgIpc) is 3.08. The highest BCUT2D eigenvalue weighted by molar-refractivity contribution is 7.86. The van der Waals surface area contributed by atoms with Gasteiger partial charge in [0.1, 0.15) is 6.61 Å². The van der Waals surface area contributed by atoms with Gasteiger partial charge in [-0.15, -0.1) is 0 Å². The lowest BCUT2D eigenvalue weighted by Gasteiger charge is -2.29. The number of imidazole rings is 1. The molecular formula is C14H14Cl2N2O5S. The van der Waals surface area contributed by atoms with Crippen LogP contribution in [0.2, 0.25) is 10.0 Å². The molecule has 1 aliphatic rings. The van der Waals surface area contributed by atoms with Gasteiger partial charge in [-0.25, -0.2) is 9.17 Å². The normalized spacial score (nSPS) is 24.4. The summed E-state index contributed by atoms with van der Waals surface area (Å²) in [6.07, 6.45) is 4.79. The van der Waals surface area contributed by atoms with E-state index in [4.69, 9.17) is 36.9 Å². The number of halogens is 2. The topological polar surface area (TPSA) is 79.7 Å². The highest BCUT2D eigenvalue weighted by Gasteiger charge is 2.46. The standard InChI is InChI=1S/C14H14Cl2N2O5S/c1-24(19,20)23-13-7-21-14(22-13,8-18-5-4-17-9-18)11-3-2-10(15)6-12(11)16/h2-6,9,13H,7-8H2,1H3. The monoisotopic (exact) mass is 392 g/mol. The molecule has 0 bridgehead atoms. The Balaban J connectivity index is 1.96. The number of hydrogen-bond donors (Lipinski definition) is 0. The maximum atomic E-state index is 11.3. The largest absolute Gasteiger partial charge is 0.339 e. The van der Waals surface area contributed by atoms with Gasteiger partial charge in [0.2, 0.25) is 12.1 Å². The summed E-state index contributed by atoms with van der Waals surface area (Å²) in [6, 6.07) is 4.88. The molecule has 2 atom stereocenters. The molecule has 0 aliphatic carbocycles. The maximum Gasteiger partial charge on any atom is 0.266 e. The third kappa shape index (κ3) is 3.90. The van der Waals surface area contributed by atoms with Gasteiger partial charge in [-0.1, -0.05) is 29.3 Å². The molecule has 1 aromatic heterocycles. The van der Waals surface area contributed by atoms with E-state index < -0.39 is 22.2 Å². The summed E-state index contributed by atoms with van der Waals surface area (Å²) in [5.41, 5.74) is 0.516. The Hall–Kier alpha value is -1.16. The predicted molar refractivity (Wildman–Crippen MR) is 87.1 cm³/mol. The summed E-state index contributed by atoms with van der Waals surface area (Å²) in [5, 5.41) is 0.797. The third-order valence-corrected chi connectivity index (χ3v) is 4.46. The second-order valence-corrected chi connectivity index (χ2v) is 7.72. The first kappa shape index (κ1) is 17.7. The molecule has 1 fully saturated rings. The second kappa shape index (κ2) is 6.62. The van der Waals surface area contributed by atoms with Crippen molar-refractivity contribution in [3.8, 4) is 0 Å². The van der Waals surface area contributed by atoms with Gasteiger partial charge in [0.25, 0.3) is 10.1 Å². The van der Waals surface area contributed by atoms with Gasteiger partial charge in [0, 0.05) is 23.0 Å². The fourth-order valence-electron chi connectivity index (χ4n) is 2.45. The van der Waals surface area contributed by atoms with Crippen LogP contribution in [0.5, 0.6) is 0 Å². The predicted octanol–water partition coefficient (Wildman–Crippen LogP) is 2.39. The number of nitrogens with zero attached hydrogens (tertiary/aromatic N) is 2. The van der Waals surface area contributed by atoms with Crippen molar-refractivity contribution in [2.24, 2.45) is 0 Å². The zero-order valence-corrected chi connectivity index (χ0v) is 14.9. The lowest BCUT2D eigenvalue weighted by molar-refractivity contribution is -0.208. The van der Waals surface area contributed by atoms with Crippen LogP contribution < -0.4 is 0 Å². The van der Waals surface area contributed by atoms with Crippen LogP contribution in [0, 0.1) is 0 Å². The fourth-order valence-corrected chi connectivity index (χ4v) is 3.49. The Morgan fingerprint density at radius 3 is 2.88 bits per heavy atom. The fraction of sp³-hybridized carbons (Fsp3) is 0.357. The first-order valence-electron chi connectivity index (χ1n) is 6.89. The number of benzene rings is 1. The van der Waals surface area contributed by atoms with Crippen LogP contribution in [0.1, 0.15) is 5.56 Å². The highest BCUT2D eigenvalue weighted by Crippen LogP contribution is 2.40. The average molecular weight is 393 g/mol. The summed E-state index contributed by atoms with van der Waals surface area (Å²) in [7, 11) is -3.70. The number of aromatic nitrogens is 2. The van der Waals surface area contributed by atoms with Crippen LogP contribution in [0.3, 0.4) is 0 Å². The van der Waals surface area contributed by atoms with E-state index >= 15 is 0 Å². The first-order valence-corrected chi connectivity index (χ1v) is 9.46. The van der Waals surface area contributed by atoms with Crippen molar-refractivity contribution in [2.45, 2.75) is 18.6 Å². The lowest BCUT2D eigenvalue weighted by atomic mass is 10.1. The van der Waals surface area contributed by atoms with Crippen LogP contribution in [0.4, 0.5) is 0 Å². The molecule has 0 radical (unpaired) electrons. The molecule has 2 unspecified atom stereocenters. The smallest absolute Gasteiger partial charge is 0.266 e. The molecule has 1 aliphatic heterocycles. The van der Waals surface area contributed by atoms with Crippen LogP contribution >= 0.6 is 23.2 Å². The molecule has 1 saturated heterocycles. The van der Waals surface area contributed by atoms with Gasteiger partial charge in [0.05, 0.1) is 24.2 Å². The van der Waals surface area contributed by atoms with E-state index in [9.17, 15) is 8.42 Å². The van der Waals surface area contributed by atoms with E-state index in [2.05, 4.69) is 4.98 Å². The molecule has 0 N–H and O–H groups in total. The highest BCUT2D eigenvalue weighted by atomic mass is 35.5. The van der Waals surface area contributed by atoms with Crippen molar-refractivity contribution >= 4 is 33.3 Å². The lowest BCUT2D eigenvalue weighted by Crippen LogP contribution is -2.34. The number of ether oxygens (including phenoxy) is 2. The summed E-state index contributed by atoms with van der Waals surface area (Å²) in [6.45, 7) is 0.138. The van der Waals surface area contributed by atoms with E-state index in [-0.39, 0.29) is 13.2 Å². The molecule has 3 rings (SSSR count). The van der Waals surface area contributed by atoms with Crippen molar-refractivity contribution in [3.05, 3.63) is 52.5 Å². The van der Waals surface area contributed by atoms with Crippen molar-refractivity contribution < 1.29 is 22.1 Å². The first-order chi connectivity index (χ1) is 11.3. The van der Waals surface area contributed by atoms with Gasteiger partial charge >= 0.3 is 0 Å². The van der Waals surface area contributed by atoms with E-state index in [0.29, 0.717) is 15.6 Å². The molecular weight excluding hydrogens is 379 g/mol. The Morgan fingerprint density at radius 1 is 1.46 bits per heavy atom. The molecule has 10 heteroatoms. The van der Waals surface area contributed by atoms with Crippen LogP contribution in [-0.4, -0.2) is 37.1 Å². The van der Waals surface area contributed by atoms with Crippen LogP contribution in [0.25, 0.3) is 0 Å². The Bertz CT molecular complexity index is 828. The molecule has 0 spiro atoms. The van der Waals surface area contributed by atoms with Gasteiger partial charge in [-0.05, 0) is 12.1 Å². The van der Waals surface area contributed by atoms with Crippen LogP contribution in [-0.2, 0) is 36.1 Å². The molecule has 24 heavy (non-hydrogen) atoms. The Morgan fingerprint density at radius 2 is 2.25 bits per heavy atom. The number of rotatable bonds is 5. The van der Waals surface area contributed by atoms with Gasteiger partial charge in [-0.2, -0.15) is 8.42 Å². The molecule has 7 nitrogen and oxygen atoms in total. The molecule has 0 amide bonds. The number of hydrogen-bond acceptors (Lipinski definition) is 6. The van der Waals surface area contributed by atoms with Gasteiger partial charge in [0.15, 0.2) is 0 Å². The zero-order chi connectivity index (χ0) is 17.4. The second-order valence-electron chi connectivity index (χ2n) is 5.27. The minimum absolute atomic E-state index is 0.0687. The third-order valence-electron chi connectivity index (χ3n) is 3.35. The Kier molecular flexibility index (Phi) is 4.87. The van der Waals surface area contributed by atoms with E-state index in [1.165, 1.54) is 0 Å². The quantitative estimate of drug-likeness (QED) is 0.726. The molecule has 2 heterocycles. The van der Waals surface area contributed by atoms with Crippen molar-refractivity contribution in [1.82, 2.24) is 9.55 Å². The minimum atomic E-state index is -3.70. The SMILES string of the molecule is CS(=O)(=O)OC1COC(Cn2ccnc2)(c2ccc(Cl)cc2Cl)O1. The summed E-state index contributed by atoms with van der Waals surface area (Å²) >= 11 is 12.2. The zero-order valence-electron chi connectivity index (χ0n) is 12.6. The van der Waals surface area contributed by atoms with Crippen LogP contribution in [0.15, 0.2) is 36.9 Å². The van der Waals surface area contributed by atoms with Gasteiger partial charge in [-0.3, -0.25) is 0 Å². The molecule has 130 valence electrons. The van der Waals surface area contributed by atoms with E-state index in [0.717, 1.165) is 6.26 Å². The van der Waals surface area contributed by atoms with Crippen molar-refractivity contribution in [3.63, 3.8) is 0 Å². The molecule has 1 aromatic carbocycles. The van der Waals surface area contributed by atoms with E-state index in [1.54, 1.807) is 41.5 Å². The summed E-state index contributed by atoms with van der Waals surface area (Å²) in [5.74, 6) is -1.32. The summed E-state index contributed by atoms with van der Waals surface area (Å²) in [4.78, 5) is 3.97. The maximum absolute atomic E-state index is 11.3. The molecule has 0 saturated carbocycles. The van der Waals surface area contributed by atoms with Crippen molar-refractivity contribution in [2.75, 3.05) is 12.9 Å². The van der Waals surface area contributed by atoms with Gasteiger partial charge < -0.3 is 14.0 Å². The Labute approximate surface area is 149 Å². The molecule has 2 aromatic rings. The van der Waals surface area contributed by atoms with E-state index in [1.807, 2.05) is 0 Å². The van der Waals surface area contributed by atoms with Crippen molar-refractivity contribution in [1.29, 1.82) is 0 Å². The minimum Gasteiger partial charge on any atom is -0.339 e. The summed E-state index contributed by atoms with van der Waals surface area (Å²) < 4.78 is 40.9.